The molecule has 1 aromatic rings. The Morgan fingerprint density at radius 3 is 2.00 bits per heavy atom. The van der Waals surface area contributed by atoms with E-state index in [0.717, 1.165) is 38.8 Å². The molecule has 124 valence electrons. The van der Waals surface area contributed by atoms with Crippen LogP contribution in [0.4, 0.5) is 0 Å². The first-order chi connectivity index (χ1) is 11.2. The number of hydrogen-bond donors (Lipinski definition) is 1. The summed E-state index contributed by atoms with van der Waals surface area (Å²) in [7, 11) is 0. The van der Waals surface area contributed by atoms with Crippen molar-refractivity contribution in [3.63, 3.8) is 0 Å². The van der Waals surface area contributed by atoms with Crippen LogP contribution in [0.2, 0.25) is 0 Å². The summed E-state index contributed by atoms with van der Waals surface area (Å²) in [5.41, 5.74) is 1.32. The molecule has 1 heterocycles. The van der Waals surface area contributed by atoms with E-state index < -0.39 is 0 Å². The van der Waals surface area contributed by atoms with Crippen LogP contribution in [0.5, 0.6) is 0 Å². The smallest absolute Gasteiger partial charge is 0.253 e. The molecule has 1 N–H and O–H groups in total. The molecule has 2 aliphatic rings. The average molecular weight is 314 g/mol. The van der Waals surface area contributed by atoms with Crippen molar-refractivity contribution in [1.29, 1.82) is 0 Å². The van der Waals surface area contributed by atoms with E-state index in [4.69, 9.17) is 0 Å². The van der Waals surface area contributed by atoms with Gasteiger partial charge in [0.15, 0.2) is 0 Å². The van der Waals surface area contributed by atoms with Gasteiger partial charge in [0, 0.05) is 30.3 Å². The molecule has 3 rings (SSSR count). The van der Waals surface area contributed by atoms with E-state index in [1.165, 1.54) is 25.7 Å². The Morgan fingerprint density at radius 2 is 1.39 bits per heavy atom. The van der Waals surface area contributed by atoms with Crippen LogP contribution >= 0.6 is 0 Å². The van der Waals surface area contributed by atoms with Gasteiger partial charge in [-0.25, -0.2) is 0 Å². The van der Waals surface area contributed by atoms with Crippen LogP contribution in [0.15, 0.2) is 24.3 Å². The lowest BCUT2D eigenvalue weighted by molar-refractivity contribution is 0.0792. The lowest BCUT2D eigenvalue weighted by Crippen LogP contribution is -2.34. The minimum Gasteiger partial charge on any atom is -0.349 e. The van der Waals surface area contributed by atoms with Crippen molar-refractivity contribution in [3.05, 3.63) is 35.4 Å². The number of hydrogen-bond acceptors (Lipinski definition) is 2. The third-order valence-corrected chi connectivity index (χ3v) is 4.98. The highest BCUT2D eigenvalue weighted by Crippen LogP contribution is 2.18. The Labute approximate surface area is 138 Å². The lowest BCUT2D eigenvalue weighted by atomic mass is 10.1. The molecule has 23 heavy (non-hydrogen) atoms. The van der Waals surface area contributed by atoms with Gasteiger partial charge in [-0.3, -0.25) is 9.59 Å². The SMILES string of the molecule is O=C(NC1CCCCCC1)c1ccc(C(=O)N2CCCC2)cc1. The highest BCUT2D eigenvalue weighted by atomic mass is 16.2. The Kier molecular flexibility index (Phi) is 5.31. The fraction of sp³-hybridized carbons (Fsp3) is 0.579. The number of nitrogens with one attached hydrogen (secondary N) is 1. The van der Waals surface area contributed by atoms with Crippen LogP contribution in [0.1, 0.15) is 72.1 Å². The molecule has 2 amide bonds. The number of rotatable bonds is 3. The fourth-order valence-electron chi connectivity index (χ4n) is 3.56. The van der Waals surface area contributed by atoms with Crippen molar-refractivity contribution >= 4 is 11.8 Å². The van der Waals surface area contributed by atoms with Crippen LogP contribution in [0, 0.1) is 0 Å². The summed E-state index contributed by atoms with van der Waals surface area (Å²) in [5, 5.41) is 3.14. The first kappa shape index (κ1) is 16.0. The van der Waals surface area contributed by atoms with Crippen LogP contribution in [0.25, 0.3) is 0 Å². The summed E-state index contributed by atoms with van der Waals surface area (Å²) in [5.74, 6) is 0.0651. The fourth-order valence-corrected chi connectivity index (χ4v) is 3.56. The molecule has 0 unspecified atom stereocenters. The zero-order chi connectivity index (χ0) is 16.1. The van der Waals surface area contributed by atoms with Crippen molar-refractivity contribution in [3.8, 4) is 0 Å². The Balaban J connectivity index is 1.59. The monoisotopic (exact) mass is 314 g/mol. The molecule has 1 aromatic carbocycles. The summed E-state index contributed by atoms with van der Waals surface area (Å²) in [6.07, 6.45) is 9.30. The van der Waals surface area contributed by atoms with Crippen molar-refractivity contribution in [2.24, 2.45) is 0 Å². The molecule has 0 aromatic heterocycles. The van der Waals surface area contributed by atoms with Crippen molar-refractivity contribution in [1.82, 2.24) is 10.2 Å². The summed E-state index contributed by atoms with van der Waals surface area (Å²) in [4.78, 5) is 26.6. The first-order valence-corrected chi connectivity index (χ1v) is 8.94. The van der Waals surface area contributed by atoms with Gasteiger partial charge in [-0.1, -0.05) is 25.7 Å². The van der Waals surface area contributed by atoms with Gasteiger partial charge in [0.1, 0.15) is 0 Å². The second-order valence-electron chi connectivity index (χ2n) is 6.74. The van der Waals surface area contributed by atoms with Crippen LogP contribution < -0.4 is 5.32 Å². The quantitative estimate of drug-likeness (QED) is 0.870. The first-order valence-electron chi connectivity index (χ1n) is 8.94. The topological polar surface area (TPSA) is 49.4 Å². The average Bonchev–Trinajstić information content (AvgIpc) is 3.00. The minimum absolute atomic E-state index is 0.0166. The molecule has 2 fully saturated rings. The number of benzene rings is 1. The maximum atomic E-state index is 12.4. The van der Waals surface area contributed by atoms with Gasteiger partial charge in [-0.15, -0.1) is 0 Å². The van der Waals surface area contributed by atoms with Crippen molar-refractivity contribution in [2.45, 2.75) is 57.4 Å². The largest absolute Gasteiger partial charge is 0.349 e. The van der Waals surface area contributed by atoms with Gasteiger partial charge >= 0.3 is 0 Å². The van der Waals surface area contributed by atoms with E-state index in [1.54, 1.807) is 24.3 Å². The van der Waals surface area contributed by atoms with Gasteiger partial charge in [0.25, 0.3) is 11.8 Å². The molecule has 1 saturated carbocycles. The minimum atomic E-state index is -0.0166. The third kappa shape index (κ3) is 4.12. The van der Waals surface area contributed by atoms with Gasteiger partial charge in [0.05, 0.1) is 0 Å². The molecular weight excluding hydrogens is 288 g/mol. The highest BCUT2D eigenvalue weighted by molar-refractivity contribution is 5.98. The zero-order valence-corrected chi connectivity index (χ0v) is 13.7. The standard InChI is InChI=1S/C19H26N2O2/c22-18(20-17-7-3-1-2-4-8-17)15-9-11-16(12-10-15)19(23)21-13-5-6-14-21/h9-12,17H,1-8,13-14H2,(H,20,22). The van der Waals surface area contributed by atoms with Gasteiger partial charge in [-0.05, 0) is 49.9 Å². The molecule has 4 heteroatoms. The normalized spacial score (nSPS) is 19.4. The molecule has 0 radical (unpaired) electrons. The summed E-state index contributed by atoms with van der Waals surface area (Å²) in [6, 6.07) is 7.41. The van der Waals surface area contributed by atoms with Crippen molar-refractivity contribution < 1.29 is 9.59 Å². The molecule has 0 bridgehead atoms. The van der Waals surface area contributed by atoms with E-state index >= 15 is 0 Å². The molecule has 1 saturated heterocycles. The second-order valence-corrected chi connectivity index (χ2v) is 6.74. The maximum absolute atomic E-state index is 12.4. The number of carbonyl (C=O) groups excluding carboxylic acids is 2. The zero-order valence-electron chi connectivity index (χ0n) is 13.7. The van der Waals surface area contributed by atoms with Gasteiger partial charge in [-0.2, -0.15) is 0 Å². The molecule has 1 aliphatic carbocycles. The number of carbonyl (C=O) groups is 2. The summed E-state index contributed by atoms with van der Waals surface area (Å²) >= 11 is 0. The molecule has 4 nitrogen and oxygen atoms in total. The Morgan fingerprint density at radius 1 is 0.826 bits per heavy atom. The number of nitrogens with zero attached hydrogens (tertiary/aromatic N) is 1. The predicted molar refractivity (Wildman–Crippen MR) is 90.5 cm³/mol. The molecule has 1 aliphatic heterocycles. The summed E-state index contributed by atoms with van der Waals surface area (Å²) in [6.45, 7) is 1.70. The van der Waals surface area contributed by atoms with E-state index in [0.29, 0.717) is 17.2 Å². The van der Waals surface area contributed by atoms with E-state index in [2.05, 4.69) is 5.32 Å². The Bertz CT molecular complexity index is 539. The second kappa shape index (κ2) is 7.62. The maximum Gasteiger partial charge on any atom is 0.253 e. The van der Waals surface area contributed by atoms with Crippen LogP contribution in [-0.2, 0) is 0 Å². The van der Waals surface area contributed by atoms with E-state index in [-0.39, 0.29) is 11.8 Å². The highest BCUT2D eigenvalue weighted by Gasteiger charge is 2.20. The van der Waals surface area contributed by atoms with Crippen molar-refractivity contribution in [2.75, 3.05) is 13.1 Å². The number of amides is 2. The molecule has 0 atom stereocenters. The Hall–Kier alpha value is -1.84. The molecular formula is C19H26N2O2. The lowest BCUT2D eigenvalue weighted by Gasteiger charge is -2.17. The van der Waals surface area contributed by atoms with Crippen LogP contribution in [0.3, 0.4) is 0 Å². The van der Waals surface area contributed by atoms with E-state index in [9.17, 15) is 9.59 Å². The third-order valence-electron chi connectivity index (χ3n) is 4.98. The predicted octanol–water partition coefficient (Wildman–Crippen LogP) is 3.38. The van der Waals surface area contributed by atoms with Gasteiger partial charge < -0.3 is 10.2 Å². The molecule has 0 spiro atoms. The number of likely N-dealkylation sites (tertiary alicyclic amines) is 1. The summed E-state index contributed by atoms with van der Waals surface area (Å²) < 4.78 is 0. The van der Waals surface area contributed by atoms with E-state index in [1.807, 2.05) is 4.90 Å². The van der Waals surface area contributed by atoms with Crippen LogP contribution in [-0.4, -0.2) is 35.8 Å². The van der Waals surface area contributed by atoms with Gasteiger partial charge in [0.2, 0.25) is 0 Å².